The van der Waals surface area contributed by atoms with E-state index in [-0.39, 0.29) is 11.4 Å². The molecule has 3 heteroatoms. The van der Waals surface area contributed by atoms with Crippen LogP contribution in [0.3, 0.4) is 0 Å². The highest BCUT2D eigenvalue weighted by Crippen LogP contribution is 2.44. The number of nitrogens with one attached hydrogen (secondary N) is 1. The van der Waals surface area contributed by atoms with E-state index in [4.69, 9.17) is 0 Å². The maximum absolute atomic E-state index is 11.7. The van der Waals surface area contributed by atoms with Crippen LogP contribution in [0.25, 0.3) is 0 Å². The zero-order chi connectivity index (χ0) is 9.60. The highest BCUT2D eigenvalue weighted by Gasteiger charge is 2.43. The van der Waals surface area contributed by atoms with Gasteiger partial charge in [-0.05, 0) is 24.3 Å². The van der Waals surface area contributed by atoms with Gasteiger partial charge in [0.25, 0.3) is 5.91 Å². The second kappa shape index (κ2) is 2.83. The molecule has 14 heavy (non-hydrogen) atoms. The molecule has 74 valence electrons. The molecule has 1 aromatic rings. The van der Waals surface area contributed by atoms with E-state index in [2.05, 4.69) is 11.4 Å². The number of rotatable bonds is 0. The summed E-state index contributed by atoms with van der Waals surface area (Å²) >= 11 is 1.58. The SMILES string of the molecule is O=C1NC2(CCCCC2)c2ccsc21. The Morgan fingerprint density at radius 1 is 1.29 bits per heavy atom. The lowest BCUT2D eigenvalue weighted by molar-refractivity contribution is 0.0912. The molecule has 1 spiro atoms. The lowest BCUT2D eigenvalue weighted by Gasteiger charge is -2.33. The lowest BCUT2D eigenvalue weighted by atomic mass is 9.79. The third-order valence-corrected chi connectivity index (χ3v) is 4.36. The third kappa shape index (κ3) is 0.989. The number of hydrogen-bond donors (Lipinski definition) is 1. The Morgan fingerprint density at radius 2 is 2.07 bits per heavy atom. The summed E-state index contributed by atoms with van der Waals surface area (Å²) < 4.78 is 0. The smallest absolute Gasteiger partial charge is 0.262 e. The molecule has 1 aromatic heterocycles. The van der Waals surface area contributed by atoms with Gasteiger partial charge in [-0.25, -0.2) is 0 Å². The van der Waals surface area contributed by atoms with Crippen LogP contribution < -0.4 is 5.32 Å². The van der Waals surface area contributed by atoms with E-state index in [1.54, 1.807) is 11.3 Å². The molecular formula is C11H13NOS. The number of hydrogen-bond acceptors (Lipinski definition) is 2. The molecular weight excluding hydrogens is 194 g/mol. The summed E-state index contributed by atoms with van der Waals surface area (Å²) in [6.07, 6.45) is 6.06. The van der Waals surface area contributed by atoms with E-state index in [9.17, 15) is 4.79 Å². The number of amides is 1. The average Bonchev–Trinajstić information content (AvgIpc) is 2.74. The lowest BCUT2D eigenvalue weighted by Crippen LogP contribution is -2.40. The van der Waals surface area contributed by atoms with Crippen molar-refractivity contribution in [3.63, 3.8) is 0 Å². The fraction of sp³-hybridized carbons (Fsp3) is 0.545. The summed E-state index contributed by atoms with van der Waals surface area (Å²) in [5, 5.41) is 5.23. The summed E-state index contributed by atoms with van der Waals surface area (Å²) in [6, 6.07) is 2.13. The van der Waals surface area contributed by atoms with Crippen molar-refractivity contribution in [3.8, 4) is 0 Å². The van der Waals surface area contributed by atoms with Crippen molar-refractivity contribution < 1.29 is 4.79 Å². The van der Waals surface area contributed by atoms with Crippen molar-refractivity contribution in [3.05, 3.63) is 21.9 Å². The van der Waals surface area contributed by atoms with Gasteiger partial charge in [-0.1, -0.05) is 19.3 Å². The topological polar surface area (TPSA) is 29.1 Å². The molecule has 1 fully saturated rings. The predicted molar refractivity (Wildman–Crippen MR) is 56.5 cm³/mol. The highest BCUT2D eigenvalue weighted by molar-refractivity contribution is 7.12. The van der Waals surface area contributed by atoms with Crippen LogP contribution in [-0.4, -0.2) is 5.91 Å². The molecule has 1 N–H and O–H groups in total. The van der Waals surface area contributed by atoms with Crippen molar-refractivity contribution in [2.24, 2.45) is 0 Å². The van der Waals surface area contributed by atoms with Crippen molar-refractivity contribution in [2.75, 3.05) is 0 Å². The van der Waals surface area contributed by atoms with Crippen LogP contribution in [0.2, 0.25) is 0 Å². The highest BCUT2D eigenvalue weighted by atomic mass is 32.1. The predicted octanol–water partition coefficient (Wildman–Crippen LogP) is 2.65. The number of carbonyl (C=O) groups excluding carboxylic acids is 1. The first-order valence-corrected chi connectivity index (χ1v) is 6.10. The molecule has 1 aliphatic carbocycles. The number of fused-ring (bicyclic) bond motifs is 2. The second-order valence-corrected chi connectivity index (χ2v) is 5.18. The minimum absolute atomic E-state index is 0.0185. The van der Waals surface area contributed by atoms with Gasteiger partial charge in [0.15, 0.2) is 0 Å². The van der Waals surface area contributed by atoms with Crippen molar-refractivity contribution >= 4 is 17.2 Å². The molecule has 2 nitrogen and oxygen atoms in total. The van der Waals surface area contributed by atoms with Crippen LogP contribution in [0.5, 0.6) is 0 Å². The summed E-state index contributed by atoms with van der Waals surface area (Å²) in [7, 11) is 0. The van der Waals surface area contributed by atoms with E-state index in [0.29, 0.717) is 0 Å². The van der Waals surface area contributed by atoms with Crippen LogP contribution in [0.15, 0.2) is 11.4 Å². The maximum Gasteiger partial charge on any atom is 0.262 e. The molecule has 2 heterocycles. The van der Waals surface area contributed by atoms with Gasteiger partial charge in [0.05, 0.1) is 10.4 Å². The van der Waals surface area contributed by atoms with E-state index in [0.717, 1.165) is 17.7 Å². The monoisotopic (exact) mass is 207 g/mol. The molecule has 1 aliphatic heterocycles. The van der Waals surface area contributed by atoms with E-state index < -0.39 is 0 Å². The molecule has 2 aliphatic rings. The minimum Gasteiger partial charge on any atom is -0.342 e. The van der Waals surface area contributed by atoms with Crippen molar-refractivity contribution in [1.29, 1.82) is 0 Å². The second-order valence-electron chi connectivity index (χ2n) is 4.26. The Labute approximate surface area is 87.3 Å². The molecule has 3 rings (SSSR count). The van der Waals surface area contributed by atoms with E-state index >= 15 is 0 Å². The summed E-state index contributed by atoms with van der Waals surface area (Å²) in [4.78, 5) is 12.7. The Hall–Kier alpha value is -0.830. The molecule has 0 atom stereocenters. The van der Waals surface area contributed by atoms with Crippen LogP contribution in [0.1, 0.15) is 47.3 Å². The van der Waals surface area contributed by atoms with Gasteiger partial charge < -0.3 is 5.32 Å². The molecule has 1 amide bonds. The minimum atomic E-state index is 0.0185. The average molecular weight is 207 g/mol. The zero-order valence-electron chi connectivity index (χ0n) is 8.01. The molecule has 1 saturated carbocycles. The maximum atomic E-state index is 11.7. The summed E-state index contributed by atoms with van der Waals surface area (Å²) in [5.74, 6) is 0.150. The Kier molecular flexibility index (Phi) is 1.71. The molecule has 0 saturated heterocycles. The standard InChI is InChI=1S/C11H13NOS/c13-10-9-8(4-7-14-9)11(12-10)5-2-1-3-6-11/h4,7H,1-3,5-6H2,(H,12,13). The van der Waals surface area contributed by atoms with Crippen molar-refractivity contribution in [1.82, 2.24) is 5.32 Å². The molecule has 0 unspecified atom stereocenters. The van der Waals surface area contributed by atoms with Crippen LogP contribution in [-0.2, 0) is 5.54 Å². The largest absolute Gasteiger partial charge is 0.342 e. The van der Waals surface area contributed by atoms with Gasteiger partial charge in [0.1, 0.15) is 0 Å². The first-order valence-electron chi connectivity index (χ1n) is 5.22. The Morgan fingerprint density at radius 3 is 2.86 bits per heavy atom. The number of thiophene rings is 1. The van der Waals surface area contributed by atoms with E-state index in [1.165, 1.54) is 24.8 Å². The molecule has 0 bridgehead atoms. The fourth-order valence-electron chi connectivity index (χ4n) is 2.75. The first kappa shape index (κ1) is 8.48. The molecule has 0 radical (unpaired) electrons. The summed E-state index contributed by atoms with van der Waals surface area (Å²) in [5.41, 5.74) is 1.29. The van der Waals surface area contributed by atoms with Crippen LogP contribution in [0, 0.1) is 0 Å². The van der Waals surface area contributed by atoms with Gasteiger partial charge in [0, 0.05) is 5.56 Å². The Balaban J connectivity index is 2.07. The van der Waals surface area contributed by atoms with Crippen LogP contribution >= 0.6 is 11.3 Å². The number of carbonyl (C=O) groups is 1. The van der Waals surface area contributed by atoms with Crippen molar-refractivity contribution in [2.45, 2.75) is 37.6 Å². The third-order valence-electron chi connectivity index (χ3n) is 3.45. The van der Waals surface area contributed by atoms with Gasteiger partial charge in [0.2, 0.25) is 0 Å². The van der Waals surface area contributed by atoms with E-state index in [1.807, 2.05) is 5.38 Å². The van der Waals surface area contributed by atoms with Gasteiger partial charge in [-0.2, -0.15) is 0 Å². The quantitative estimate of drug-likeness (QED) is 0.696. The molecule has 0 aromatic carbocycles. The summed E-state index contributed by atoms with van der Waals surface area (Å²) in [6.45, 7) is 0. The van der Waals surface area contributed by atoms with Gasteiger partial charge in [-0.15, -0.1) is 11.3 Å². The van der Waals surface area contributed by atoms with Gasteiger partial charge >= 0.3 is 0 Å². The first-order chi connectivity index (χ1) is 6.82. The zero-order valence-corrected chi connectivity index (χ0v) is 8.82. The van der Waals surface area contributed by atoms with Gasteiger partial charge in [-0.3, -0.25) is 4.79 Å². The fourth-order valence-corrected chi connectivity index (χ4v) is 3.64. The van der Waals surface area contributed by atoms with Crippen LogP contribution in [0.4, 0.5) is 0 Å². The normalized spacial score (nSPS) is 23.6. The Bertz CT molecular complexity index is 376.